The Morgan fingerprint density at radius 2 is 1.73 bits per heavy atom. The van der Waals surface area contributed by atoms with Gasteiger partial charge in [-0.15, -0.1) is 0 Å². The summed E-state index contributed by atoms with van der Waals surface area (Å²) in [6, 6.07) is 14.6. The van der Waals surface area contributed by atoms with Gasteiger partial charge in [0.2, 0.25) is 0 Å². The molecule has 3 aromatic rings. The van der Waals surface area contributed by atoms with Crippen LogP contribution in [0.1, 0.15) is 27.3 Å². The number of nitrogens with zero attached hydrogens (tertiary/aromatic N) is 2. The van der Waals surface area contributed by atoms with Crippen LogP contribution in [0.25, 0.3) is 0 Å². The monoisotopic (exact) mass is 369 g/mol. The molecule has 3 rings (SSSR count). The number of rotatable bonds is 7. The van der Waals surface area contributed by atoms with Crippen LogP contribution in [0.5, 0.6) is 11.5 Å². The van der Waals surface area contributed by atoms with E-state index < -0.39 is 0 Å². The Morgan fingerprint density at radius 3 is 2.35 bits per heavy atom. The van der Waals surface area contributed by atoms with Gasteiger partial charge in [0.1, 0.15) is 23.8 Å². The van der Waals surface area contributed by atoms with Gasteiger partial charge in [-0.05, 0) is 48.9 Å². The van der Waals surface area contributed by atoms with Crippen molar-refractivity contribution in [3.63, 3.8) is 0 Å². The summed E-state index contributed by atoms with van der Waals surface area (Å²) in [6.45, 7) is 2.72. The van der Waals surface area contributed by atoms with E-state index in [0.29, 0.717) is 24.5 Å². The predicted octanol–water partition coefficient (Wildman–Crippen LogP) is 3.36. The van der Waals surface area contributed by atoms with Crippen LogP contribution in [0, 0.1) is 6.92 Å². The molecule has 1 aromatic heterocycles. The molecule has 1 amide bonds. The average molecular weight is 369 g/mol. The van der Waals surface area contributed by atoms with E-state index in [1.54, 1.807) is 31.4 Å². The third-order valence-electron chi connectivity index (χ3n) is 3.85. The Balaban J connectivity index is 1.52. The Kier molecular flexibility index (Phi) is 5.80. The lowest BCUT2D eigenvalue weighted by molar-refractivity contribution is 0.0951. The quantitative estimate of drug-likeness (QED) is 0.691. The lowest BCUT2D eigenvalue weighted by atomic mass is 10.2. The van der Waals surface area contributed by atoms with E-state index in [1.807, 2.05) is 31.2 Å². The van der Waals surface area contributed by atoms with Crippen LogP contribution in [0.4, 0.5) is 0 Å². The Hall–Kier alpha value is -2.93. The molecule has 0 aliphatic heterocycles. The van der Waals surface area contributed by atoms with E-state index >= 15 is 0 Å². The van der Waals surface area contributed by atoms with Crippen molar-refractivity contribution in [2.45, 2.75) is 20.1 Å². The highest BCUT2D eigenvalue weighted by molar-refractivity contribution is 6.99. The van der Waals surface area contributed by atoms with E-state index in [4.69, 9.17) is 9.47 Å². The topological polar surface area (TPSA) is 73.3 Å². The molecule has 0 atom stereocenters. The molecule has 0 radical (unpaired) electrons. The summed E-state index contributed by atoms with van der Waals surface area (Å²) in [5.74, 6) is 1.34. The lowest BCUT2D eigenvalue weighted by Crippen LogP contribution is -2.22. The summed E-state index contributed by atoms with van der Waals surface area (Å²) in [4.78, 5) is 12.2. The summed E-state index contributed by atoms with van der Waals surface area (Å²) in [5, 5.41) is 2.90. The maximum Gasteiger partial charge on any atom is 0.251 e. The highest BCUT2D eigenvalue weighted by atomic mass is 32.1. The second-order valence-electron chi connectivity index (χ2n) is 5.64. The number of amides is 1. The van der Waals surface area contributed by atoms with Crippen LogP contribution in [0.2, 0.25) is 0 Å². The van der Waals surface area contributed by atoms with Crippen molar-refractivity contribution in [3.8, 4) is 11.5 Å². The molecular weight excluding hydrogens is 350 g/mol. The van der Waals surface area contributed by atoms with Crippen LogP contribution in [-0.2, 0) is 13.2 Å². The molecule has 0 unspecified atom stereocenters. The van der Waals surface area contributed by atoms with Gasteiger partial charge in [-0.3, -0.25) is 4.79 Å². The van der Waals surface area contributed by atoms with Crippen LogP contribution >= 0.6 is 11.7 Å². The van der Waals surface area contributed by atoms with Gasteiger partial charge in [0.05, 0.1) is 24.5 Å². The van der Waals surface area contributed by atoms with Gasteiger partial charge in [0.15, 0.2) is 0 Å². The first-order valence-electron chi connectivity index (χ1n) is 8.08. The normalized spacial score (nSPS) is 10.4. The molecule has 134 valence electrons. The van der Waals surface area contributed by atoms with E-state index in [1.165, 1.54) is 11.7 Å². The van der Waals surface area contributed by atoms with Gasteiger partial charge in [0.25, 0.3) is 5.91 Å². The fourth-order valence-electron chi connectivity index (χ4n) is 2.26. The Morgan fingerprint density at radius 1 is 1.04 bits per heavy atom. The predicted molar refractivity (Wildman–Crippen MR) is 99.6 cm³/mol. The summed E-state index contributed by atoms with van der Waals surface area (Å²) >= 11 is 1.17. The van der Waals surface area contributed by atoms with Gasteiger partial charge in [0, 0.05) is 12.1 Å². The van der Waals surface area contributed by atoms with Gasteiger partial charge in [-0.25, -0.2) is 0 Å². The number of ether oxygens (including phenoxy) is 2. The molecule has 2 aromatic carbocycles. The number of benzene rings is 2. The van der Waals surface area contributed by atoms with Gasteiger partial charge in [-0.1, -0.05) is 12.1 Å². The van der Waals surface area contributed by atoms with Gasteiger partial charge < -0.3 is 14.8 Å². The number of carbonyl (C=O) groups excluding carboxylic acids is 1. The standard InChI is InChI=1S/C19H19N3O3S/c1-13-18(22-26-21-13)12-25-17-9-5-15(6-10-17)19(23)20-11-14-3-7-16(24-2)8-4-14/h3-10H,11-12H2,1-2H3,(H,20,23). The molecule has 6 nitrogen and oxygen atoms in total. The van der Waals surface area contributed by atoms with Crippen LogP contribution in [-0.4, -0.2) is 21.8 Å². The van der Waals surface area contributed by atoms with Gasteiger partial charge >= 0.3 is 0 Å². The fraction of sp³-hybridized carbons (Fsp3) is 0.211. The number of methoxy groups -OCH3 is 1. The maximum absolute atomic E-state index is 12.2. The Labute approximate surface area is 156 Å². The van der Waals surface area contributed by atoms with E-state index in [-0.39, 0.29) is 5.91 Å². The number of carbonyl (C=O) groups is 1. The molecular formula is C19H19N3O3S. The molecule has 0 aliphatic rings. The summed E-state index contributed by atoms with van der Waals surface area (Å²) in [5.41, 5.74) is 3.30. The molecule has 0 saturated carbocycles. The third kappa shape index (κ3) is 4.58. The minimum atomic E-state index is -0.132. The second kappa shape index (κ2) is 8.44. The molecule has 0 fully saturated rings. The van der Waals surface area contributed by atoms with Crippen molar-refractivity contribution in [2.75, 3.05) is 7.11 Å². The summed E-state index contributed by atoms with van der Waals surface area (Å²) in [7, 11) is 1.62. The molecule has 1 heterocycles. The van der Waals surface area contributed by atoms with E-state index in [9.17, 15) is 4.79 Å². The summed E-state index contributed by atoms with van der Waals surface area (Å²) in [6.07, 6.45) is 0. The van der Waals surface area contributed by atoms with Crippen molar-refractivity contribution in [2.24, 2.45) is 0 Å². The van der Waals surface area contributed by atoms with E-state index in [2.05, 4.69) is 14.1 Å². The molecule has 0 saturated heterocycles. The van der Waals surface area contributed by atoms with Crippen LogP contribution in [0.3, 0.4) is 0 Å². The average Bonchev–Trinajstić information content (AvgIpc) is 3.10. The third-order valence-corrected chi connectivity index (χ3v) is 4.51. The van der Waals surface area contributed by atoms with Crippen LogP contribution in [0.15, 0.2) is 48.5 Å². The van der Waals surface area contributed by atoms with Crippen molar-refractivity contribution in [1.29, 1.82) is 0 Å². The van der Waals surface area contributed by atoms with Crippen molar-refractivity contribution in [3.05, 3.63) is 71.0 Å². The molecule has 0 aliphatic carbocycles. The van der Waals surface area contributed by atoms with Crippen molar-refractivity contribution >= 4 is 17.6 Å². The first kappa shape index (κ1) is 17.9. The zero-order valence-electron chi connectivity index (χ0n) is 14.6. The summed E-state index contributed by atoms with van der Waals surface area (Å²) < 4.78 is 19.1. The van der Waals surface area contributed by atoms with Gasteiger partial charge in [-0.2, -0.15) is 8.75 Å². The number of hydrogen-bond donors (Lipinski definition) is 1. The maximum atomic E-state index is 12.2. The molecule has 1 N–H and O–H groups in total. The number of nitrogens with one attached hydrogen (secondary N) is 1. The molecule has 0 bridgehead atoms. The first-order valence-corrected chi connectivity index (χ1v) is 8.81. The number of aromatic nitrogens is 2. The molecule has 0 spiro atoms. The number of aryl methyl sites for hydroxylation is 1. The molecule has 26 heavy (non-hydrogen) atoms. The highest BCUT2D eigenvalue weighted by Gasteiger charge is 2.07. The van der Waals surface area contributed by atoms with Crippen molar-refractivity contribution < 1.29 is 14.3 Å². The zero-order valence-corrected chi connectivity index (χ0v) is 15.4. The number of hydrogen-bond acceptors (Lipinski definition) is 6. The van der Waals surface area contributed by atoms with E-state index in [0.717, 1.165) is 22.7 Å². The minimum Gasteiger partial charge on any atom is -0.497 e. The van der Waals surface area contributed by atoms with Crippen molar-refractivity contribution in [1.82, 2.24) is 14.1 Å². The first-order chi connectivity index (χ1) is 12.7. The Bertz CT molecular complexity index is 860. The SMILES string of the molecule is COc1ccc(CNC(=O)c2ccc(OCc3nsnc3C)cc2)cc1. The largest absolute Gasteiger partial charge is 0.497 e. The minimum absolute atomic E-state index is 0.132. The lowest BCUT2D eigenvalue weighted by Gasteiger charge is -2.08. The van der Waals surface area contributed by atoms with Crippen LogP contribution < -0.4 is 14.8 Å². The smallest absolute Gasteiger partial charge is 0.251 e. The molecule has 7 heteroatoms. The zero-order chi connectivity index (χ0) is 18.4. The highest BCUT2D eigenvalue weighted by Crippen LogP contribution is 2.15. The fourth-order valence-corrected chi connectivity index (χ4v) is 2.81. The second-order valence-corrected chi connectivity index (χ2v) is 6.17.